The molecule has 1 aromatic carbocycles. The van der Waals surface area contributed by atoms with Gasteiger partial charge in [-0.3, -0.25) is 4.79 Å². The lowest BCUT2D eigenvalue weighted by molar-refractivity contribution is -0.111. The summed E-state index contributed by atoms with van der Waals surface area (Å²) in [6.07, 6.45) is 2.85. The Kier molecular flexibility index (Phi) is 4.31. The van der Waals surface area contributed by atoms with Gasteiger partial charge in [-0.1, -0.05) is 34.1 Å². The van der Waals surface area contributed by atoms with Crippen molar-refractivity contribution in [2.75, 3.05) is 10.6 Å². The Hall–Kier alpha value is -2.38. The van der Waals surface area contributed by atoms with Gasteiger partial charge in [0, 0.05) is 28.0 Å². The maximum Gasteiger partial charge on any atom is 0.247 e. The zero-order valence-electron chi connectivity index (χ0n) is 11.8. The lowest BCUT2D eigenvalue weighted by atomic mass is 10.2. The summed E-state index contributed by atoms with van der Waals surface area (Å²) in [5, 5.41) is 10.5. The Bertz CT molecular complexity index is 908. The Morgan fingerprint density at radius 2 is 2.09 bits per heavy atom. The smallest absolute Gasteiger partial charge is 0.247 e. The molecule has 0 radical (unpaired) electrons. The van der Waals surface area contributed by atoms with Crippen LogP contribution in [0.25, 0.3) is 5.65 Å². The predicted molar refractivity (Wildman–Crippen MR) is 94.2 cm³/mol. The molecule has 8 heteroatoms. The molecule has 0 saturated carbocycles. The number of benzene rings is 1. The maximum atomic E-state index is 11.4. The molecule has 0 aliphatic heterocycles. The summed E-state index contributed by atoms with van der Waals surface area (Å²) in [7, 11) is 0. The molecule has 0 atom stereocenters. The minimum absolute atomic E-state index is 0.282. The van der Waals surface area contributed by atoms with Crippen LogP contribution in [-0.4, -0.2) is 20.5 Å². The molecule has 23 heavy (non-hydrogen) atoms. The van der Waals surface area contributed by atoms with Crippen LogP contribution in [-0.2, 0) is 4.79 Å². The number of hydrogen-bond donors (Lipinski definition) is 2. The van der Waals surface area contributed by atoms with E-state index in [-0.39, 0.29) is 5.91 Å². The molecule has 0 aliphatic carbocycles. The molecule has 0 bridgehead atoms. The van der Waals surface area contributed by atoms with E-state index in [1.165, 1.54) is 6.08 Å². The topological polar surface area (TPSA) is 71.3 Å². The number of carbonyl (C=O) groups is 1. The van der Waals surface area contributed by atoms with E-state index in [0.717, 1.165) is 10.2 Å². The monoisotopic (exact) mass is 391 g/mol. The number of carbonyl (C=O) groups excluding carboxylic acids is 1. The summed E-state index contributed by atoms with van der Waals surface area (Å²) < 4.78 is 2.44. The summed E-state index contributed by atoms with van der Waals surface area (Å²) in [4.78, 5) is 15.6. The van der Waals surface area contributed by atoms with Gasteiger partial charge < -0.3 is 10.6 Å². The van der Waals surface area contributed by atoms with Crippen LogP contribution in [0.1, 0.15) is 0 Å². The Morgan fingerprint density at radius 1 is 1.30 bits per heavy atom. The number of halogens is 2. The van der Waals surface area contributed by atoms with Crippen LogP contribution in [0.2, 0.25) is 5.15 Å². The molecule has 3 rings (SSSR count). The number of aromatic nitrogens is 3. The van der Waals surface area contributed by atoms with Gasteiger partial charge in [0.1, 0.15) is 11.0 Å². The Balaban J connectivity index is 1.97. The third kappa shape index (κ3) is 3.52. The fraction of sp³-hybridized carbons (Fsp3) is 0. The van der Waals surface area contributed by atoms with E-state index in [4.69, 9.17) is 11.6 Å². The summed E-state index contributed by atoms with van der Waals surface area (Å²) >= 11 is 9.44. The molecule has 1 amide bonds. The van der Waals surface area contributed by atoms with E-state index in [2.05, 4.69) is 43.2 Å². The zero-order chi connectivity index (χ0) is 16.4. The first kappa shape index (κ1) is 15.5. The Morgan fingerprint density at radius 3 is 2.87 bits per heavy atom. The second kappa shape index (κ2) is 6.39. The lowest BCUT2D eigenvalue weighted by Gasteiger charge is -2.11. The fourth-order valence-corrected chi connectivity index (χ4v) is 2.73. The lowest BCUT2D eigenvalue weighted by Crippen LogP contribution is -2.08. The standard InChI is InChI=1S/C15H11BrClN5O/c1-2-15(23)20-11-6-9(16)5-10(7-11)19-14-8-12(17)21-13-3-4-18-22(13)14/h2-8,19H,1H2,(H,20,23). The van der Waals surface area contributed by atoms with Crippen LogP contribution in [0, 0.1) is 0 Å². The summed E-state index contributed by atoms with van der Waals surface area (Å²) in [6.45, 7) is 3.43. The molecule has 2 aromatic heterocycles. The van der Waals surface area contributed by atoms with Crippen LogP contribution in [0.3, 0.4) is 0 Å². The molecule has 0 aliphatic rings. The van der Waals surface area contributed by atoms with Gasteiger partial charge in [0.25, 0.3) is 0 Å². The highest BCUT2D eigenvalue weighted by Gasteiger charge is 2.07. The Labute approximate surface area is 145 Å². The van der Waals surface area contributed by atoms with Crippen molar-refractivity contribution < 1.29 is 4.79 Å². The van der Waals surface area contributed by atoms with Gasteiger partial charge in [-0.05, 0) is 24.3 Å². The number of hydrogen-bond acceptors (Lipinski definition) is 4. The second-order valence-electron chi connectivity index (χ2n) is 4.61. The minimum Gasteiger partial charge on any atom is -0.340 e. The van der Waals surface area contributed by atoms with Crippen LogP contribution in [0.5, 0.6) is 0 Å². The molecular weight excluding hydrogens is 382 g/mol. The third-order valence-corrected chi connectivity index (χ3v) is 3.60. The van der Waals surface area contributed by atoms with Gasteiger partial charge in [0.05, 0.1) is 6.20 Å². The van der Waals surface area contributed by atoms with Crippen molar-refractivity contribution in [1.82, 2.24) is 14.6 Å². The number of nitrogens with one attached hydrogen (secondary N) is 2. The predicted octanol–water partition coefficient (Wildman–Crippen LogP) is 4.01. The van der Waals surface area contributed by atoms with Crippen molar-refractivity contribution in [2.24, 2.45) is 0 Å². The molecule has 2 N–H and O–H groups in total. The van der Waals surface area contributed by atoms with Gasteiger partial charge in [-0.25, -0.2) is 4.98 Å². The van der Waals surface area contributed by atoms with Crippen LogP contribution >= 0.6 is 27.5 Å². The molecule has 6 nitrogen and oxygen atoms in total. The molecular formula is C15H11BrClN5O. The van der Waals surface area contributed by atoms with E-state index < -0.39 is 0 Å². The highest BCUT2D eigenvalue weighted by molar-refractivity contribution is 9.10. The van der Waals surface area contributed by atoms with Crippen LogP contribution in [0.4, 0.5) is 17.2 Å². The number of amides is 1. The third-order valence-electron chi connectivity index (χ3n) is 2.95. The van der Waals surface area contributed by atoms with E-state index in [9.17, 15) is 4.79 Å². The zero-order valence-corrected chi connectivity index (χ0v) is 14.1. The summed E-state index contributed by atoms with van der Waals surface area (Å²) in [5.74, 6) is 0.375. The molecule has 116 valence electrons. The second-order valence-corrected chi connectivity index (χ2v) is 5.92. The first-order valence-corrected chi connectivity index (χ1v) is 7.73. The van der Waals surface area contributed by atoms with Gasteiger partial charge in [0.2, 0.25) is 5.91 Å². The SMILES string of the molecule is C=CC(=O)Nc1cc(Br)cc(Nc2cc(Cl)nc3ccnn23)c1. The maximum absolute atomic E-state index is 11.4. The van der Waals surface area contributed by atoms with Crippen LogP contribution < -0.4 is 10.6 Å². The van der Waals surface area contributed by atoms with E-state index in [1.54, 1.807) is 35.0 Å². The number of rotatable bonds is 4. The first-order chi connectivity index (χ1) is 11.0. The minimum atomic E-state index is -0.282. The number of anilines is 3. The van der Waals surface area contributed by atoms with Crippen molar-refractivity contribution in [2.45, 2.75) is 0 Å². The van der Waals surface area contributed by atoms with Gasteiger partial charge in [-0.15, -0.1) is 0 Å². The average Bonchev–Trinajstić information content (AvgIpc) is 2.94. The van der Waals surface area contributed by atoms with Crippen molar-refractivity contribution >= 4 is 56.3 Å². The number of fused-ring (bicyclic) bond motifs is 1. The number of nitrogens with zero attached hydrogens (tertiary/aromatic N) is 3. The van der Waals surface area contributed by atoms with Gasteiger partial charge in [0.15, 0.2) is 5.65 Å². The van der Waals surface area contributed by atoms with Crippen molar-refractivity contribution in [3.63, 3.8) is 0 Å². The summed E-state index contributed by atoms with van der Waals surface area (Å²) in [5.41, 5.74) is 2.01. The summed E-state index contributed by atoms with van der Waals surface area (Å²) in [6, 6.07) is 8.87. The van der Waals surface area contributed by atoms with Gasteiger partial charge >= 0.3 is 0 Å². The largest absolute Gasteiger partial charge is 0.340 e. The van der Waals surface area contributed by atoms with Crippen molar-refractivity contribution in [3.05, 3.63) is 58.8 Å². The molecule has 0 spiro atoms. The van der Waals surface area contributed by atoms with E-state index in [1.807, 2.05) is 6.07 Å². The van der Waals surface area contributed by atoms with Crippen molar-refractivity contribution in [1.29, 1.82) is 0 Å². The molecule has 0 saturated heterocycles. The molecule has 2 heterocycles. The van der Waals surface area contributed by atoms with Crippen molar-refractivity contribution in [3.8, 4) is 0 Å². The van der Waals surface area contributed by atoms with E-state index >= 15 is 0 Å². The highest BCUT2D eigenvalue weighted by Crippen LogP contribution is 2.26. The normalized spacial score (nSPS) is 10.5. The molecule has 0 unspecified atom stereocenters. The van der Waals surface area contributed by atoms with Gasteiger partial charge in [-0.2, -0.15) is 9.61 Å². The highest BCUT2D eigenvalue weighted by atomic mass is 79.9. The molecule has 0 fully saturated rings. The average molecular weight is 393 g/mol. The first-order valence-electron chi connectivity index (χ1n) is 6.56. The van der Waals surface area contributed by atoms with Crippen LogP contribution in [0.15, 0.2) is 53.7 Å². The molecule has 3 aromatic rings. The van der Waals surface area contributed by atoms with E-state index in [0.29, 0.717) is 22.3 Å². The fourth-order valence-electron chi connectivity index (χ4n) is 2.05. The quantitative estimate of drug-likeness (QED) is 0.520.